The smallest absolute Gasteiger partial charge is 0.213 e. The van der Waals surface area contributed by atoms with Crippen molar-refractivity contribution in [1.82, 2.24) is 5.48 Å². The molecule has 12 heavy (non-hydrogen) atoms. The number of nitrogens with zero attached hydrogens (tertiary/aromatic N) is 1. The lowest BCUT2D eigenvalue weighted by Crippen LogP contribution is -2.28. The summed E-state index contributed by atoms with van der Waals surface area (Å²) in [7, 11) is 0. The highest BCUT2D eigenvalue weighted by atomic mass is 79.9. The zero-order chi connectivity index (χ0) is 8.97. The van der Waals surface area contributed by atoms with Gasteiger partial charge in [-0.1, -0.05) is 0 Å². The maximum atomic E-state index is 8.32. The molecule has 1 heterocycles. The summed E-state index contributed by atoms with van der Waals surface area (Å²) >= 11 is 4.94. The minimum Gasteiger partial charge on any atom is -0.368 e. The van der Waals surface area contributed by atoms with E-state index in [1.807, 2.05) is 11.4 Å². The fraction of sp³-hybridized carbons (Fsp3) is 0.167. The number of aliphatic imine (C=N–C) groups is 1. The minimum atomic E-state index is 0.0234. The lowest BCUT2D eigenvalue weighted by Gasteiger charge is -1.96. The number of hydrogen-bond donors (Lipinski definition) is 3. The monoisotopic (exact) mass is 249 g/mol. The van der Waals surface area contributed by atoms with E-state index in [4.69, 9.17) is 10.9 Å². The molecule has 0 spiro atoms. The number of nitrogens with one attached hydrogen (secondary N) is 1. The molecule has 1 aromatic rings. The van der Waals surface area contributed by atoms with Gasteiger partial charge in [0.1, 0.15) is 0 Å². The van der Waals surface area contributed by atoms with Gasteiger partial charge in [0, 0.05) is 9.35 Å². The van der Waals surface area contributed by atoms with E-state index in [0.29, 0.717) is 6.54 Å². The zero-order valence-corrected chi connectivity index (χ0v) is 8.52. The van der Waals surface area contributed by atoms with Crippen LogP contribution in [0, 0.1) is 0 Å². The Morgan fingerprint density at radius 3 is 3.08 bits per heavy atom. The molecule has 66 valence electrons. The Morgan fingerprint density at radius 1 is 1.83 bits per heavy atom. The second-order valence-electron chi connectivity index (χ2n) is 2.00. The lowest BCUT2D eigenvalue weighted by molar-refractivity contribution is 0.232. The molecule has 0 saturated heterocycles. The molecule has 0 amide bonds. The van der Waals surface area contributed by atoms with E-state index in [2.05, 4.69) is 20.9 Å². The van der Waals surface area contributed by atoms with E-state index in [1.54, 1.807) is 16.8 Å². The molecule has 0 saturated carbocycles. The van der Waals surface area contributed by atoms with E-state index in [-0.39, 0.29) is 5.96 Å². The predicted molar refractivity (Wildman–Crippen MR) is 52.3 cm³/mol. The average molecular weight is 250 g/mol. The van der Waals surface area contributed by atoms with Crippen LogP contribution >= 0.6 is 27.3 Å². The first kappa shape index (κ1) is 9.50. The van der Waals surface area contributed by atoms with Crippen molar-refractivity contribution < 1.29 is 5.21 Å². The summed E-state index contributed by atoms with van der Waals surface area (Å²) in [5.74, 6) is 0.0234. The summed E-state index contributed by atoms with van der Waals surface area (Å²) in [5, 5.41) is 10.3. The number of guanidine groups is 1. The van der Waals surface area contributed by atoms with Crippen LogP contribution in [0.2, 0.25) is 0 Å². The highest BCUT2D eigenvalue weighted by Crippen LogP contribution is 2.22. The van der Waals surface area contributed by atoms with Gasteiger partial charge in [-0.2, -0.15) is 0 Å². The topological polar surface area (TPSA) is 70.6 Å². The summed E-state index contributed by atoms with van der Waals surface area (Å²) in [5.41, 5.74) is 6.98. The fourth-order valence-electron chi connectivity index (χ4n) is 0.630. The van der Waals surface area contributed by atoms with Crippen LogP contribution in [-0.2, 0) is 6.54 Å². The first-order valence-electron chi connectivity index (χ1n) is 3.16. The van der Waals surface area contributed by atoms with Crippen molar-refractivity contribution in [1.29, 1.82) is 0 Å². The summed E-state index contributed by atoms with van der Waals surface area (Å²) < 4.78 is 1.02. The molecule has 0 aliphatic heterocycles. The highest BCUT2D eigenvalue weighted by Gasteiger charge is 1.99. The zero-order valence-electron chi connectivity index (χ0n) is 6.12. The van der Waals surface area contributed by atoms with Gasteiger partial charge in [-0.15, -0.1) is 11.3 Å². The average Bonchev–Trinajstić information content (AvgIpc) is 2.47. The van der Waals surface area contributed by atoms with Gasteiger partial charge in [-0.3, -0.25) is 5.21 Å². The van der Waals surface area contributed by atoms with E-state index in [9.17, 15) is 0 Å². The van der Waals surface area contributed by atoms with Crippen molar-refractivity contribution in [3.05, 3.63) is 20.8 Å². The lowest BCUT2D eigenvalue weighted by atomic mass is 10.5. The van der Waals surface area contributed by atoms with Gasteiger partial charge in [0.25, 0.3) is 0 Å². The van der Waals surface area contributed by atoms with Crippen molar-refractivity contribution in [2.24, 2.45) is 10.7 Å². The summed E-state index contributed by atoms with van der Waals surface area (Å²) in [6, 6.07) is 1.94. The predicted octanol–water partition coefficient (Wildman–Crippen LogP) is 1.30. The van der Waals surface area contributed by atoms with Crippen molar-refractivity contribution >= 4 is 33.2 Å². The minimum absolute atomic E-state index is 0.0234. The molecular weight excluding hydrogens is 242 g/mol. The molecule has 0 unspecified atom stereocenters. The summed E-state index contributed by atoms with van der Waals surface area (Å²) in [4.78, 5) is 4.94. The molecular formula is C6H8BrN3OS. The second-order valence-corrected chi connectivity index (χ2v) is 3.86. The van der Waals surface area contributed by atoms with Gasteiger partial charge in [-0.05, 0) is 27.4 Å². The molecule has 0 radical (unpaired) electrons. The van der Waals surface area contributed by atoms with Gasteiger partial charge in [-0.25, -0.2) is 10.5 Å². The number of rotatable bonds is 2. The third-order valence-corrected chi connectivity index (χ3v) is 3.11. The van der Waals surface area contributed by atoms with E-state index >= 15 is 0 Å². The SMILES string of the molecule is NC(=NCc1sccc1Br)NO. The summed E-state index contributed by atoms with van der Waals surface area (Å²) in [6.07, 6.45) is 0. The van der Waals surface area contributed by atoms with Gasteiger partial charge in [0.15, 0.2) is 0 Å². The molecule has 6 heteroatoms. The Morgan fingerprint density at radius 2 is 2.58 bits per heavy atom. The van der Waals surface area contributed by atoms with Crippen molar-refractivity contribution in [3.63, 3.8) is 0 Å². The fourth-order valence-corrected chi connectivity index (χ4v) is 2.03. The third kappa shape index (κ3) is 2.47. The van der Waals surface area contributed by atoms with Crippen LogP contribution in [0.25, 0.3) is 0 Å². The van der Waals surface area contributed by atoms with Gasteiger partial charge < -0.3 is 5.73 Å². The number of nitrogens with two attached hydrogens (primary N) is 1. The molecule has 0 atom stereocenters. The number of halogens is 1. The Labute approximate surface area is 82.2 Å². The van der Waals surface area contributed by atoms with E-state index < -0.39 is 0 Å². The van der Waals surface area contributed by atoms with Crippen molar-refractivity contribution in [2.45, 2.75) is 6.54 Å². The summed E-state index contributed by atoms with van der Waals surface area (Å²) in [6.45, 7) is 0.470. The Kier molecular flexibility index (Phi) is 3.51. The van der Waals surface area contributed by atoms with Crippen LogP contribution in [-0.4, -0.2) is 11.2 Å². The van der Waals surface area contributed by atoms with Crippen LogP contribution in [0.4, 0.5) is 0 Å². The van der Waals surface area contributed by atoms with E-state index in [1.165, 1.54) is 0 Å². The molecule has 0 aliphatic carbocycles. The molecule has 0 aromatic carbocycles. The molecule has 0 aliphatic rings. The molecule has 4 N–H and O–H groups in total. The standard InChI is InChI=1S/C6H8BrN3OS/c7-4-1-2-12-5(4)3-9-6(8)10-11/h1-2,11H,3H2,(H3,8,9,10). The molecule has 1 aromatic heterocycles. The first-order chi connectivity index (χ1) is 5.74. The van der Waals surface area contributed by atoms with Crippen molar-refractivity contribution in [3.8, 4) is 0 Å². The van der Waals surface area contributed by atoms with Crippen LogP contribution in [0.3, 0.4) is 0 Å². The highest BCUT2D eigenvalue weighted by molar-refractivity contribution is 9.10. The quantitative estimate of drug-likeness (QED) is 0.421. The maximum absolute atomic E-state index is 8.32. The van der Waals surface area contributed by atoms with Crippen LogP contribution in [0.5, 0.6) is 0 Å². The second kappa shape index (κ2) is 4.44. The third-order valence-electron chi connectivity index (χ3n) is 1.20. The Bertz CT molecular complexity index is 286. The van der Waals surface area contributed by atoms with Crippen LogP contribution in [0.15, 0.2) is 20.9 Å². The van der Waals surface area contributed by atoms with Gasteiger partial charge in [0.2, 0.25) is 5.96 Å². The molecule has 4 nitrogen and oxygen atoms in total. The largest absolute Gasteiger partial charge is 0.368 e. The van der Waals surface area contributed by atoms with Gasteiger partial charge in [0.05, 0.1) is 6.54 Å². The first-order valence-corrected chi connectivity index (χ1v) is 4.83. The van der Waals surface area contributed by atoms with E-state index in [0.717, 1.165) is 9.35 Å². The van der Waals surface area contributed by atoms with Crippen LogP contribution in [0.1, 0.15) is 4.88 Å². The van der Waals surface area contributed by atoms with Crippen LogP contribution < -0.4 is 11.2 Å². The Hall–Kier alpha value is -0.590. The molecule has 1 rings (SSSR count). The van der Waals surface area contributed by atoms with Gasteiger partial charge >= 0.3 is 0 Å². The number of thiophene rings is 1. The number of hydroxylamine groups is 1. The molecule has 0 bridgehead atoms. The van der Waals surface area contributed by atoms with Crippen molar-refractivity contribution in [2.75, 3.05) is 0 Å². The maximum Gasteiger partial charge on any atom is 0.213 e. The molecule has 0 fully saturated rings. The Balaban J connectivity index is 2.59. The normalized spacial score (nSPS) is 11.7. The number of hydrogen-bond acceptors (Lipinski definition) is 3.